The van der Waals surface area contributed by atoms with Crippen molar-refractivity contribution in [2.75, 3.05) is 0 Å². The van der Waals surface area contributed by atoms with E-state index < -0.39 is 19.3 Å². The second-order valence-corrected chi connectivity index (χ2v) is 9.04. The molecule has 0 fully saturated rings. The first kappa shape index (κ1) is 23.8. The molecule has 2 rings (SSSR count). The van der Waals surface area contributed by atoms with Gasteiger partial charge in [0.05, 0.1) is 13.2 Å². The molecule has 0 aliphatic heterocycles. The van der Waals surface area contributed by atoms with Crippen molar-refractivity contribution >= 4 is 19.5 Å². The lowest BCUT2D eigenvalue weighted by molar-refractivity contribution is -0.137. The molecule has 0 heterocycles. The van der Waals surface area contributed by atoms with Gasteiger partial charge in [0.25, 0.3) is 0 Å². The summed E-state index contributed by atoms with van der Waals surface area (Å²) >= 11 is 0. The van der Waals surface area contributed by atoms with Gasteiger partial charge in [0.2, 0.25) is 5.91 Å². The van der Waals surface area contributed by atoms with Gasteiger partial charge in [-0.1, -0.05) is 67.6 Å². The van der Waals surface area contributed by atoms with Crippen molar-refractivity contribution in [2.24, 2.45) is 0 Å². The van der Waals surface area contributed by atoms with Crippen LogP contribution >= 0.6 is 7.60 Å². The number of hydrogen-bond donors (Lipinski definition) is 2. The quantitative estimate of drug-likeness (QED) is 0.443. The maximum atomic E-state index is 13.8. The zero-order valence-corrected chi connectivity index (χ0v) is 17.9. The molecule has 2 N–H and O–H groups in total. The molecule has 0 spiro atoms. The lowest BCUT2D eigenvalue weighted by Gasteiger charge is -2.27. The SMILES string of the molecule is CCCC(=O)N[C@@H](CCC(=O)O)P(=O)(OCc1ccccc1)OCc1ccccc1. The van der Waals surface area contributed by atoms with Crippen LogP contribution in [0, 0.1) is 0 Å². The molecule has 0 saturated heterocycles. The average molecular weight is 433 g/mol. The van der Waals surface area contributed by atoms with E-state index in [4.69, 9.17) is 14.2 Å². The number of benzene rings is 2. The Hall–Kier alpha value is -2.47. The Labute approximate surface area is 176 Å². The number of hydrogen-bond acceptors (Lipinski definition) is 5. The van der Waals surface area contributed by atoms with Gasteiger partial charge in [-0.05, 0) is 24.0 Å². The van der Waals surface area contributed by atoms with Crippen molar-refractivity contribution in [1.29, 1.82) is 0 Å². The molecule has 0 aromatic heterocycles. The average Bonchev–Trinajstić information content (AvgIpc) is 2.75. The monoisotopic (exact) mass is 433 g/mol. The van der Waals surface area contributed by atoms with Gasteiger partial charge >= 0.3 is 13.6 Å². The van der Waals surface area contributed by atoms with Gasteiger partial charge in [-0.2, -0.15) is 0 Å². The van der Waals surface area contributed by atoms with Crippen molar-refractivity contribution in [3.63, 3.8) is 0 Å². The van der Waals surface area contributed by atoms with Gasteiger partial charge in [0, 0.05) is 12.8 Å². The Morgan fingerprint density at radius 3 is 1.87 bits per heavy atom. The van der Waals surface area contributed by atoms with Crippen molar-refractivity contribution in [3.8, 4) is 0 Å². The first-order valence-electron chi connectivity index (χ1n) is 9.90. The molecule has 7 nitrogen and oxygen atoms in total. The topological polar surface area (TPSA) is 102 Å². The highest BCUT2D eigenvalue weighted by molar-refractivity contribution is 7.54. The smallest absolute Gasteiger partial charge is 0.353 e. The van der Waals surface area contributed by atoms with Crippen LogP contribution in [0.15, 0.2) is 60.7 Å². The fourth-order valence-corrected chi connectivity index (χ4v) is 4.59. The van der Waals surface area contributed by atoms with E-state index in [0.717, 1.165) is 11.1 Å². The van der Waals surface area contributed by atoms with Crippen LogP contribution in [-0.2, 0) is 36.4 Å². The third-order valence-electron chi connectivity index (χ3n) is 4.33. The second-order valence-electron chi connectivity index (χ2n) is 6.82. The van der Waals surface area contributed by atoms with E-state index in [0.29, 0.717) is 6.42 Å². The number of carboxylic acids is 1. The van der Waals surface area contributed by atoms with E-state index >= 15 is 0 Å². The summed E-state index contributed by atoms with van der Waals surface area (Å²) in [5.41, 5.74) is 1.58. The Balaban J connectivity index is 2.23. The maximum Gasteiger partial charge on any atom is 0.353 e. The minimum absolute atomic E-state index is 0.0140. The van der Waals surface area contributed by atoms with E-state index in [1.165, 1.54) is 0 Å². The van der Waals surface area contributed by atoms with E-state index in [1.807, 2.05) is 67.6 Å². The normalized spacial score (nSPS) is 12.3. The maximum absolute atomic E-state index is 13.8. The molecular weight excluding hydrogens is 405 g/mol. The number of nitrogens with one attached hydrogen (secondary N) is 1. The highest BCUT2D eigenvalue weighted by Crippen LogP contribution is 2.55. The van der Waals surface area contributed by atoms with Gasteiger partial charge in [0.1, 0.15) is 5.78 Å². The summed E-state index contributed by atoms with van der Waals surface area (Å²) in [6, 6.07) is 18.3. The minimum atomic E-state index is -3.89. The molecular formula is C22H28NO6P. The van der Waals surface area contributed by atoms with Crippen molar-refractivity contribution in [2.45, 2.75) is 51.6 Å². The van der Waals surface area contributed by atoms with Crippen LogP contribution in [0.25, 0.3) is 0 Å². The third kappa shape index (κ3) is 8.11. The summed E-state index contributed by atoms with van der Waals surface area (Å²) in [7, 11) is -3.89. The van der Waals surface area contributed by atoms with Gasteiger partial charge in [0.15, 0.2) is 0 Å². The van der Waals surface area contributed by atoms with Crippen LogP contribution in [0.5, 0.6) is 0 Å². The van der Waals surface area contributed by atoms with Crippen molar-refractivity contribution in [3.05, 3.63) is 71.8 Å². The molecule has 0 saturated carbocycles. The van der Waals surface area contributed by atoms with E-state index in [-0.39, 0.29) is 38.4 Å². The number of carbonyl (C=O) groups excluding carboxylic acids is 1. The Morgan fingerprint density at radius 1 is 0.933 bits per heavy atom. The summed E-state index contributed by atoms with van der Waals surface area (Å²) in [5, 5.41) is 11.8. The molecule has 0 unspecified atom stereocenters. The Kier molecular flexibility index (Phi) is 9.74. The van der Waals surface area contributed by atoms with Crippen LogP contribution in [0.3, 0.4) is 0 Å². The molecule has 8 heteroatoms. The van der Waals surface area contributed by atoms with Crippen LogP contribution in [-0.4, -0.2) is 22.8 Å². The number of carbonyl (C=O) groups is 2. The number of carboxylic acid groups (broad SMARTS) is 1. The molecule has 0 bridgehead atoms. The molecule has 0 aliphatic carbocycles. The minimum Gasteiger partial charge on any atom is -0.481 e. The van der Waals surface area contributed by atoms with Crippen LogP contribution in [0.1, 0.15) is 43.7 Å². The Bertz CT molecular complexity index is 796. The first-order chi connectivity index (χ1) is 14.4. The van der Waals surface area contributed by atoms with Crippen molar-refractivity contribution in [1.82, 2.24) is 5.32 Å². The summed E-state index contributed by atoms with van der Waals surface area (Å²) in [4.78, 5) is 23.3. The third-order valence-corrected chi connectivity index (χ3v) is 6.45. The van der Waals surface area contributed by atoms with E-state index in [1.54, 1.807) is 0 Å². The molecule has 0 radical (unpaired) electrons. The van der Waals surface area contributed by atoms with Gasteiger partial charge < -0.3 is 19.5 Å². The largest absolute Gasteiger partial charge is 0.481 e. The zero-order valence-electron chi connectivity index (χ0n) is 17.0. The van der Waals surface area contributed by atoms with Crippen LogP contribution in [0.4, 0.5) is 0 Å². The van der Waals surface area contributed by atoms with Gasteiger partial charge in [-0.3, -0.25) is 14.2 Å². The van der Waals surface area contributed by atoms with Crippen LogP contribution in [0.2, 0.25) is 0 Å². The van der Waals surface area contributed by atoms with Crippen LogP contribution < -0.4 is 5.32 Å². The summed E-state index contributed by atoms with van der Waals surface area (Å²) in [6.07, 6.45) is 0.509. The van der Waals surface area contributed by atoms with Gasteiger partial charge in [-0.15, -0.1) is 0 Å². The number of rotatable bonds is 13. The van der Waals surface area contributed by atoms with E-state index in [2.05, 4.69) is 5.32 Å². The zero-order chi connectivity index (χ0) is 21.8. The van der Waals surface area contributed by atoms with E-state index in [9.17, 15) is 14.2 Å². The number of amides is 1. The predicted molar refractivity (Wildman–Crippen MR) is 114 cm³/mol. The second kappa shape index (κ2) is 12.3. The lowest BCUT2D eigenvalue weighted by atomic mass is 10.2. The molecule has 30 heavy (non-hydrogen) atoms. The van der Waals surface area contributed by atoms with Gasteiger partial charge in [-0.25, -0.2) is 0 Å². The molecule has 0 aliphatic rings. The Morgan fingerprint density at radius 2 is 1.43 bits per heavy atom. The molecule has 1 atom stereocenters. The summed E-state index contributed by atoms with van der Waals surface area (Å²) < 4.78 is 25.2. The number of aliphatic carboxylic acids is 1. The molecule has 162 valence electrons. The fraction of sp³-hybridized carbons (Fsp3) is 0.364. The molecule has 2 aromatic rings. The highest BCUT2D eigenvalue weighted by Gasteiger charge is 2.37. The summed E-state index contributed by atoms with van der Waals surface area (Å²) in [6.45, 7) is 1.88. The highest BCUT2D eigenvalue weighted by atomic mass is 31.2. The lowest BCUT2D eigenvalue weighted by Crippen LogP contribution is -2.36. The summed E-state index contributed by atoms with van der Waals surface area (Å²) in [5.74, 6) is -2.43. The fourth-order valence-electron chi connectivity index (χ4n) is 2.75. The molecule has 2 aromatic carbocycles. The molecule has 1 amide bonds. The predicted octanol–water partition coefficient (Wildman–Crippen LogP) is 4.72. The van der Waals surface area contributed by atoms with Crippen molar-refractivity contribution < 1.29 is 28.3 Å². The first-order valence-corrected chi connectivity index (χ1v) is 11.5. The standard InChI is InChI=1S/C22H28NO6P/c1-2-9-20(24)23-21(14-15-22(25)26)30(27,28-16-18-10-5-3-6-11-18)29-17-19-12-7-4-8-13-19/h3-8,10-13,21H,2,9,14-17H2,1H3,(H,23,24)(H,25,26)/t21-/m1/s1.